The van der Waals surface area contributed by atoms with E-state index in [9.17, 15) is 0 Å². The minimum absolute atomic E-state index is 0.260. The Labute approximate surface area is 125 Å². The highest BCUT2D eigenvalue weighted by atomic mass is 32.1. The minimum Gasteiger partial charge on any atom is -0.486 e. The van der Waals surface area contributed by atoms with Crippen LogP contribution in [0.1, 0.15) is 11.4 Å². The van der Waals surface area contributed by atoms with Crippen LogP contribution >= 0.6 is 11.3 Å². The van der Waals surface area contributed by atoms with Gasteiger partial charge in [-0.25, -0.2) is 9.97 Å². The number of fused-ring (bicyclic) bond motifs is 1. The highest BCUT2D eigenvalue weighted by Gasteiger charge is 2.07. The van der Waals surface area contributed by atoms with E-state index >= 15 is 0 Å². The zero-order chi connectivity index (χ0) is 14.7. The highest BCUT2D eigenvalue weighted by Crippen LogP contribution is 2.23. The zero-order valence-corrected chi connectivity index (χ0v) is 11.9. The molecule has 2 aromatic heterocycles. The van der Waals surface area contributed by atoms with Gasteiger partial charge in [0, 0.05) is 0 Å². The van der Waals surface area contributed by atoms with Gasteiger partial charge in [0.05, 0.1) is 17.9 Å². The molecule has 2 N–H and O–H groups in total. The second-order valence-electron chi connectivity index (χ2n) is 4.43. The fourth-order valence-corrected chi connectivity index (χ4v) is 2.72. The first-order chi connectivity index (χ1) is 10.3. The van der Waals surface area contributed by atoms with Crippen molar-refractivity contribution in [3.63, 3.8) is 0 Å². The zero-order valence-electron chi connectivity index (χ0n) is 11.1. The number of ether oxygens (including phenoxy) is 1. The van der Waals surface area contributed by atoms with Crippen LogP contribution in [0.2, 0.25) is 0 Å². The quantitative estimate of drug-likeness (QED) is 0.800. The van der Waals surface area contributed by atoms with Crippen LogP contribution in [-0.2, 0) is 13.0 Å². The van der Waals surface area contributed by atoms with Crippen LogP contribution in [0.25, 0.3) is 10.2 Å². The molecule has 1 aromatic carbocycles. The number of nitrogen functional groups attached to an aromatic ring is 1. The van der Waals surface area contributed by atoms with Crippen LogP contribution in [0.4, 0.5) is 5.82 Å². The molecule has 0 bridgehead atoms. The van der Waals surface area contributed by atoms with Crippen molar-refractivity contribution in [2.24, 2.45) is 0 Å². The Hall–Kier alpha value is -2.65. The van der Waals surface area contributed by atoms with Gasteiger partial charge in [0.2, 0.25) is 0 Å². The molecule has 0 aliphatic carbocycles. The molecule has 0 aliphatic rings. The van der Waals surface area contributed by atoms with E-state index in [1.54, 1.807) is 0 Å². The molecule has 6 heteroatoms. The minimum atomic E-state index is 0.260. The van der Waals surface area contributed by atoms with Crippen LogP contribution in [-0.4, -0.2) is 9.97 Å². The van der Waals surface area contributed by atoms with Gasteiger partial charge in [-0.2, -0.15) is 5.26 Å². The molecule has 3 rings (SSSR count). The van der Waals surface area contributed by atoms with Crippen molar-refractivity contribution in [2.75, 3.05) is 5.73 Å². The molecule has 5 nitrogen and oxygen atoms in total. The molecule has 0 saturated carbocycles. The second-order valence-corrected chi connectivity index (χ2v) is 5.33. The first-order valence-corrected chi connectivity index (χ1v) is 7.22. The third-order valence-corrected chi connectivity index (χ3v) is 3.78. The van der Waals surface area contributed by atoms with Crippen LogP contribution in [0.15, 0.2) is 35.7 Å². The second kappa shape index (κ2) is 5.77. The van der Waals surface area contributed by atoms with Gasteiger partial charge in [-0.05, 0) is 29.1 Å². The summed E-state index contributed by atoms with van der Waals surface area (Å²) in [5.41, 5.74) is 6.86. The monoisotopic (exact) mass is 296 g/mol. The maximum atomic E-state index is 8.63. The molecule has 0 atom stereocenters. The van der Waals surface area contributed by atoms with Gasteiger partial charge >= 0.3 is 0 Å². The predicted molar refractivity (Wildman–Crippen MR) is 81.9 cm³/mol. The third kappa shape index (κ3) is 2.93. The fourth-order valence-electron chi connectivity index (χ4n) is 1.93. The summed E-state index contributed by atoms with van der Waals surface area (Å²) in [5.74, 6) is 1.75. The van der Waals surface area contributed by atoms with Crippen molar-refractivity contribution in [1.82, 2.24) is 9.97 Å². The third-order valence-electron chi connectivity index (χ3n) is 2.98. The van der Waals surface area contributed by atoms with Crippen molar-refractivity contribution in [3.8, 4) is 11.8 Å². The number of aromatic nitrogens is 2. The van der Waals surface area contributed by atoms with Gasteiger partial charge in [0.1, 0.15) is 23.0 Å². The summed E-state index contributed by atoms with van der Waals surface area (Å²) in [5, 5.41) is 11.4. The predicted octanol–water partition coefficient (Wildman–Crippen LogP) is 2.92. The summed E-state index contributed by atoms with van der Waals surface area (Å²) in [6.07, 6.45) is 0.398. The standard InChI is InChI=1S/C15H12N4OS/c16-7-5-10-1-3-11(4-2-10)20-9-13-18-14(17)12-6-8-21-15(12)19-13/h1-4,6,8H,5,9H2,(H2,17,18,19). The lowest BCUT2D eigenvalue weighted by Gasteiger charge is -2.06. The maximum absolute atomic E-state index is 8.63. The number of nitrogens with two attached hydrogens (primary N) is 1. The van der Waals surface area contributed by atoms with Crippen LogP contribution in [0.3, 0.4) is 0 Å². The Kier molecular flexibility index (Phi) is 3.67. The molecular weight excluding hydrogens is 284 g/mol. The lowest BCUT2D eigenvalue weighted by atomic mass is 10.2. The summed E-state index contributed by atoms with van der Waals surface area (Å²) >= 11 is 1.53. The number of thiophene rings is 1. The van der Waals surface area contributed by atoms with Gasteiger partial charge in [0.25, 0.3) is 0 Å². The van der Waals surface area contributed by atoms with Gasteiger partial charge in [-0.3, -0.25) is 0 Å². The Morgan fingerprint density at radius 1 is 1.19 bits per heavy atom. The van der Waals surface area contributed by atoms with Crippen molar-refractivity contribution in [2.45, 2.75) is 13.0 Å². The molecule has 2 heterocycles. The number of rotatable bonds is 4. The van der Waals surface area contributed by atoms with Crippen LogP contribution in [0, 0.1) is 11.3 Å². The van der Waals surface area contributed by atoms with E-state index in [0.717, 1.165) is 15.8 Å². The van der Waals surface area contributed by atoms with Crippen molar-refractivity contribution < 1.29 is 4.74 Å². The lowest BCUT2D eigenvalue weighted by molar-refractivity contribution is 0.296. The molecular formula is C15H12N4OS. The molecule has 0 saturated heterocycles. The molecule has 0 amide bonds. The number of nitriles is 1. The molecule has 3 aromatic rings. The smallest absolute Gasteiger partial charge is 0.169 e. The molecule has 21 heavy (non-hydrogen) atoms. The highest BCUT2D eigenvalue weighted by molar-refractivity contribution is 7.16. The number of hydrogen-bond donors (Lipinski definition) is 1. The SMILES string of the molecule is N#CCc1ccc(OCc2nc(N)c3ccsc3n2)cc1. The summed E-state index contributed by atoms with van der Waals surface area (Å²) in [6, 6.07) is 11.4. The first-order valence-electron chi connectivity index (χ1n) is 6.34. The van der Waals surface area contributed by atoms with Gasteiger partial charge in [-0.1, -0.05) is 12.1 Å². The summed E-state index contributed by atoms with van der Waals surface area (Å²) < 4.78 is 5.65. The van der Waals surface area contributed by atoms with Crippen molar-refractivity contribution in [3.05, 3.63) is 47.1 Å². The van der Waals surface area contributed by atoms with E-state index in [2.05, 4.69) is 16.0 Å². The molecule has 0 spiro atoms. The summed E-state index contributed by atoms with van der Waals surface area (Å²) in [6.45, 7) is 0.260. The van der Waals surface area contributed by atoms with Crippen molar-refractivity contribution in [1.29, 1.82) is 5.26 Å². The summed E-state index contributed by atoms with van der Waals surface area (Å²) in [4.78, 5) is 9.52. The lowest BCUT2D eigenvalue weighted by Crippen LogP contribution is -2.04. The Balaban J connectivity index is 1.72. The van der Waals surface area contributed by atoms with E-state index in [1.807, 2.05) is 35.7 Å². The van der Waals surface area contributed by atoms with E-state index < -0.39 is 0 Å². The fraction of sp³-hybridized carbons (Fsp3) is 0.133. The van der Waals surface area contributed by atoms with Gasteiger partial charge < -0.3 is 10.5 Å². The molecule has 104 valence electrons. The van der Waals surface area contributed by atoms with E-state index in [4.69, 9.17) is 15.7 Å². The first kappa shape index (κ1) is 13.3. The Morgan fingerprint density at radius 3 is 2.76 bits per heavy atom. The topological polar surface area (TPSA) is 84.8 Å². The Morgan fingerprint density at radius 2 is 2.00 bits per heavy atom. The van der Waals surface area contributed by atoms with Crippen molar-refractivity contribution >= 4 is 27.4 Å². The average Bonchev–Trinajstić information content (AvgIpc) is 2.96. The number of anilines is 1. The van der Waals surface area contributed by atoms with E-state index in [1.165, 1.54) is 11.3 Å². The molecule has 0 fully saturated rings. The summed E-state index contributed by atoms with van der Waals surface area (Å²) in [7, 11) is 0. The van der Waals surface area contributed by atoms with Crippen LogP contribution < -0.4 is 10.5 Å². The number of benzene rings is 1. The van der Waals surface area contributed by atoms with Crippen LogP contribution in [0.5, 0.6) is 5.75 Å². The average molecular weight is 296 g/mol. The largest absolute Gasteiger partial charge is 0.486 e. The number of nitrogens with zero attached hydrogens (tertiary/aromatic N) is 3. The maximum Gasteiger partial charge on any atom is 0.169 e. The molecule has 0 aliphatic heterocycles. The van der Waals surface area contributed by atoms with Gasteiger partial charge in [-0.15, -0.1) is 11.3 Å². The molecule has 0 unspecified atom stereocenters. The number of hydrogen-bond acceptors (Lipinski definition) is 6. The Bertz CT molecular complexity index is 805. The van der Waals surface area contributed by atoms with Gasteiger partial charge in [0.15, 0.2) is 5.82 Å². The van der Waals surface area contributed by atoms with E-state index in [-0.39, 0.29) is 6.61 Å². The normalized spacial score (nSPS) is 10.4. The molecule has 0 radical (unpaired) electrons. The van der Waals surface area contributed by atoms with E-state index in [0.29, 0.717) is 23.8 Å².